The number of fused-ring (bicyclic) bond motifs is 3. The quantitative estimate of drug-likeness (QED) is 0.159. The van der Waals surface area contributed by atoms with Crippen molar-refractivity contribution in [2.24, 2.45) is 0 Å². The molecule has 0 aromatic heterocycles. The summed E-state index contributed by atoms with van der Waals surface area (Å²) in [5, 5.41) is 0. The van der Waals surface area contributed by atoms with Crippen LogP contribution in [0.15, 0.2) is 72.7 Å². The van der Waals surface area contributed by atoms with E-state index in [4.69, 9.17) is 46.4 Å². The predicted molar refractivity (Wildman–Crippen MR) is 219 cm³/mol. The first-order chi connectivity index (χ1) is 26.7. The molecule has 0 aliphatic carbocycles. The van der Waals surface area contributed by atoms with Crippen molar-refractivity contribution in [2.45, 2.75) is 184 Å². The lowest BCUT2D eigenvalue weighted by Gasteiger charge is -2.57. The first kappa shape index (κ1) is 42.7. The van der Waals surface area contributed by atoms with Crippen molar-refractivity contribution in [3.8, 4) is 11.5 Å². The molecule has 4 saturated heterocycles. The molecule has 0 amide bonds. The van der Waals surface area contributed by atoms with Gasteiger partial charge < -0.3 is 46.4 Å². The van der Waals surface area contributed by atoms with Crippen LogP contribution in [-0.4, -0.2) is 67.7 Å². The van der Waals surface area contributed by atoms with Gasteiger partial charge in [0, 0.05) is 19.3 Å². The van der Waals surface area contributed by atoms with Crippen LogP contribution >= 0.6 is 7.82 Å². The van der Waals surface area contributed by atoms with Crippen LogP contribution in [0.4, 0.5) is 0 Å². The summed E-state index contributed by atoms with van der Waals surface area (Å²) in [4.78, 5) is 0. The number of benzene rings is 2. The number of para-hydroxylation sites is 2. The fourth-order valence-electron chi connectivity index (χ4n) is 10.3. The molecule has 8 atom stereocenters. The van der Waals surface area contributed by atoms with Crippen LogP contribution in [0, 0.1) is 0 Å². The van der Waals surface area contributed by atoms with Gasteiger partial charge in [0.1, 0.15) is 29.8 Å². The monoisotopic (exact) mass is 828 g/mol. The van der Waals surface area contributed by atoms with E-state index in [9.17, 15) is 4.57 Å². The summed E-state index contributed by atoms with van der Waals surface area (Å²) < 4.78 is 81.6. The van der Waals surface area contributed by atoms with Crippen LogP contribution in [-0.2, 0) is 41.9 Å². The molecular formula is C44H65O11PSi. The molecular weight excluding hydrogens is 764 g/mol. The normalized spacial score (nSPS) is 35.4. The maximum atomic E-state index is 14.7. The van der Waals surface area contributed by atoms with Gasteiger partial charge in [-0.15, -0.1) is 0 Å². The number of ether oxygens (including phenoxy) is 6. The fourth-order valence-corrected chi connectivity index (χ4v) is 17.2. The fraction of sp³-hybridized carbons (Fsp3) is 0.682. The molecule has 1 spiro atoms. The van der Waals surface area contributed by atoms with Gasteiger partial charge in [-0.05, 0) is 101 Å². The minimum Gasteiger partial charge on any atom is -0.459 e. The Bertz CT molecular complexity index is 1720. The van der Waals surface area contributed by atoms with Crippen molar-refractivity contribution in [3.63, 3.8) is 0 Å². The summed E-state index contributed by atoms with van der Waals surface area (Å²) in [6.07, 6.45) is 3.90. The van der Waals surface area contributed by atoms with Crippen LogP contribution in [0.1, 0.15) is 115 Å². The zero-order valence-electron chi connectivity index (χ0n) is 35.8. The van der Waals surface area contributed by atoms with Crippen molar-refractivity contribution < 1.29 is 51.0 Å². The lowest BCUT2D eigenvalue weighted by atomic mass is 9.77. The van der Waals surface area contributed by atoms with Gasteiger partial charge in [-0.3, -0.25) is 0 Å². The summed E-state index contributed by atoms with van der Waals surface area (Å²) in [7, 11) is -6.83. The van der Waals surface area contributed by atoms with Gasteiger partial charge in [-0.1, -0.05) is 77.9 Å². The highest BCUT2D eigenvalue weighted by Crippen LogP contribution is 2.57. The molecule has 0 N–H and O–H groups in total. The van der Waals surface area contributed by atoms with Crippen molar-refractivity contribution in [1.82, 2.24) is 0 Å². The van der Waals surface area contributed by atoms with E-state index < -0.39 is 56.7 Å². The third kappa shape index (κ3) is 8.36. The van der Waals surface area contributed by atoms with Gasteiger partial charge in [0.2, 0.25) is 8.32 Å². The maximum Gasteiger partial charge on any atom is 0.649 e. The summed E-state index contributed by atoms with van der Waals surface area (Å²) in [6.45, 7) is 24.3. The van der Waals surface area contributed by atoms with Crippen molar-refractivity contribution in [2.75, 3.05) is 6.61 Å². The molecule has 11 nitrogen and oxygen atoms in total. The SMILES string of the molecule is CC(C)[Si](O[C@H]1CC=C(OP(=O)(Oc2ccccc2)Oc2ccccc2)O[C@@H]2C[C@]3(C)O[C@]4(C)CC[C@@]5(COC(C)(C)O5)O[C@H]4CC[C@H]3O[C@@]12C)(C(C)C)C(C)C. The van der Waals surface area contributed by atoms with Crippen LogP contribution in [0.3, 0.4) is 0 Å². The van der Waals surface area contributed by atoms with Crippen molar-refractivity contribution >= 4 is 16.1 Å². The molecule has 57 heavy (non-hydrogen) atoms. The van der Waals surface area contributed by atoms with E-state index in [1.54, 1.807) is 48.5 Å². The zero-order valence-corrected chi connectivity index (χ0v) is 37.7. The molecule has 5 heterocycles. The highest BCUT2D eigenvalue weighted by atomic mass is 31.2. The third-order valence-electron chi connectivity index (χ3n) is 13.1. The molecule has 0 bridgehead atoms. The van der Waals surface area contributed by atoms with Gasteiger partial charge >= 0.3 is 7.82 Å². The molecule has 13 heteroatoms. The second-order valence-electron chi connectivity index (χ2n) is 18.7. The van der Waals surface area contributed by atoms with E-state index in [1.807, 2.05) is 32.1 Å². The Hall–Kier alpha value is -2.41. The molecule has 2 aromatic carbocycles. The average Bonchev–Trinajstić information content (AvgIpc) is 3.30. The smallest absolute Gasteiger partial charge is 0.459 e. The maximum absolute atomic E-state index is 14.7. The van der Waals surface area contributed by atoms with Crippen LogP contribution in [0.2, 0.25) is 16.6 Å². The number of phosphoric ester groups is 1. The Morgan fingerprint density at radius 1 is 0.702 bits per heavy atom. The molecule has 4 fully saturated rings. The predicted octanol–water partition coefficient (Wildman–Crippen LogP) is 11.0. The van der Waals surface area contributed by atoms with Crippen LogP contribution < -0.4 is 9.05 Å². The molecule has 2 aromatic rings. The summed E-state index contributed by atoms with van der Waals surface area (Å²) in [6, 6.07) is 17.7. The lowest BCUT2D eigenvalue weighted by Crippen LogP contribution is -2.68. The van der Waals surface area contributed by atoms with E-state index >= 15 is 0 Å². The van der Waals surface area contributed by atoms with E-state index in [-0.39, 0.29) is 18.2 Å². The van der Waals surface area contributed by atoms with Crippen LogP contribution in [0.5, 0.6) is 11.5 Å². The molecule has 5 aliphatic heterocycles. The van der Waals surface area contributed by atoms with Gasteiger partial charge in [0.15, 0.2) is 11.6 Å². The van der Waals surface area contributed by atoms with Gasteiger partial charge in [0.05, 0.1) is 29.5 Å². The number of phosphoric acid groups is 1. The van der Waals surface area contributed by atoms with Gasteiger partial charge in [0.25, 0.3) is 5.95 Å². The molecule has 5 aliphatic rings. The van der Waals surface area contributed by atoms with Crippen molar-refractivity contribution in [3.05, 3.63) is 72.7 Å². The van der Waals surface area contributed by atoms with Crippen LogP contribution in [0.25, 0.3) is 0 Å². The second kappa shape index (κ2) is 15.6. The molecule has 316 valence electrons. The standard InChI is InChI=1S/C44H65O11PSi/c1-30(2)57(31(3)4,32(5)6)53-37-24-25-39(52-56(45,50-33-18-14-12-15-19-33)51-34-20-16-13-17-21-34)47-38-28-42(10)36(48-43(37,38)11)23-22-35-41(9,55-42)26-27-44(49-35)29-46-40(7,8)54-44/h12-21,25,30-32,35-38H,22-24,26-29H2,1-11H3/t35-,36+,37-,38+,41+,42-,43-,44+/m0/s1. The minimum absolute atomic E-state index is 0.0331. The molecule has 0 radical (unpaired) electrons. The van der Waals surface area contributed by atoms with E-state index in [2.05, 4.69) is 62.3 Å². The Labute approximate surface area is 341 Å². The first-order valence-corrected chi connectivity index (χ1v) is 24.6. The summed E-state index contributed by atoms with van der Waals surface area (Å²) >= 11 is 0. The third-order valence-corrected chi connectivity index (χ3v) is 20.5. The van der Waals surface area contributed by atoms with E-state index in [1.165, 1.54) is 0 Å². The zero-order chi connectivity index (χ0) is 41.1. The Morgan fingerprint density at radius 3 is 1.79 bits per heavy atom. The average molecular weight is 829 g/mol. The summed E-state index contributed by atoms with van der Waals surface area (Å²) in [5.74, 6) is -0.821. The Balaban J connectivity index is 1.24. The number of hydrogen-bond acceptors (Lipinski definition) is 11. The Morgan fingerprint density at radius 2 is 1.26 bits per heavy atom. The largest absolute Gasteiger partial charge is 0.649 e. The van der Waals surface area contributed by atoms with E-state index in [0.717, 1.165) is 12.8 Å². The first-order valence-electron chi connectivity index (χ1n) is 21.0. The second-order valence-corrected chi connectivity index (χ2v) is 25.6. The highest BCUT2D eigenvalue weighted by Gasteiger charge is 2.65. The van der Waals surface area contributed by atoms with E-state index in [0.29, 0.717) is 60.4 Å². The topological polar surface area (TPSA) is 109 Å². The molecule has 0 saturated carbocycles. The lowest BCUT2D eigenvalue weighted by molar-refractivity contribution is -0.347. The van der Waals surface area contributed by atoms with Crippen molar-refractivity contribution in [1.29, 1.82) is 0 Å². The Kier molecular flexibility index (Phi) is 11.7. The summed E-state index contributed by atoms with van der Waals surface area (Å²) in [5.41, 5.74) is -1.34. The van der Waals surface area contributed by atoms with Gasteiger partial charge in [-0.25, -0.2) is 0 Å². The molecule has 0 unspecified atom stereocenters. The number of hydrogen-bond donors (Lipinski definition) is 0. The molecule has 7 rings (SSSR count). The highest BCUT2D eigenvalue weighted by molar-refractivity contribution is 7.49. The minimum atomic E-state index is -4.37. The number of rotatable bonds is 11. The van der Waals surface area contributed by atoms with Gasteiger partial charge in [-0.2, -0.15) is 4.57 Å².